The number of rotatable bonds is 9. The molecule has 5 rings (SSSR count). The number of aryl methyl sites for hydroxylation is 1. The summed E-state index contributed by atoms with van der Waals surface area (Å²) in [5.41, 5.74) is 3.32. The number of imidazole rings is 1. The van der Waals surface area contributed by atoms with Crippen LogP contribution >= 0.6 is 0 Å². The number of sulfonamides is 1. The largest absolute Gasteiger partial charge is 0.492 e. The summed E-state index contributed by atoms with van der Waals surface area (Å²) >= 11 is 0. The molecule has 2 heterocycles. The molecule has 1 aromatic heterocycles. The number of hydrogen-bond acceptors (Lipinski definition) is 6. The second kappa shape index (κ2) is 12.4. The number of benzene rings is 2. The minimum Gasteiger partial charge on any atom is -0.492 e. The first-order chi connectivity index (χ1) is 18.9. The Morgan fingerprint density at radius 1 is 1.15 bits per heavy atom. The quantitative estimate of drug-likeness (QED) is 0.353. The molecule has 0 bridgehead atoms. The number of nitrogens with zero attached hydrogens (tertiary/aromatic N) is 2. The minimum absolute atomic E-state index is 0.0255. The van der Waals surface area contributed by atoms with Gasteiger partial charge in [-0.2, -0.15) is 13.2 Å². The van der Waals surface area contributed by atoms with E-state index in [1.807, 2.05) is 18.2 Å². The normalized spacial score (nSPS) is 18.7. The number of nitrogens with one attached hydrogen (secondary N) is 2. The van der Waals surface area contributed by atoms with Crippen LogP contribution in [0, 0.1) is 5.92 Å². The van der Waals surface area contributed by atoms with Gasteiger partial charge in [-0.25, -0.2) is 22.9 Å². The van der Waals surface area contributed by atoms with Crippen molar-refractivity contribution in [1.82, 2.24) is 19.6 Å². The van der Waals surface area contributed by atoms with Gasteiger partial charge in [0, 0.05) is 31.7 Å². The lowest BCUT2D eigenvalue weighted by Crippen LogP contribution is -2.44. The first-order valence-electron chi connectivity index (χ1n) is 12.7. The van der Waals surface area contributed by atoms with Gasteiger partial charge in [0.05, 0.1) is 6.33 Å². The van der Waals surface area contributed by atoms with Gasteiger partial charge in [0.1, 0.15) is 12.4 Å². The molecular weight excluding hydrogens is 549 g/mol. The van der Waals surface area contributed by atoms with E-state index in [2.05, 4.69) is 45.4 Å². The van der Waals surface area contributed by atoms with Crippen molar-refractivity contribution in [1.29, 1.82) is 0 Å². The average Bonchev–Trinajstić information content (AvgIpc) is 3.64. The third kappa shape index (κ3) is 8.05. The monoisotopic (exact) mass is 580 g/mol. The third-order valence-corrected chi connectivity index (χ3v) is 7.99. The van der Waals surface area contributed by atoms with Gasteiger partial charge in [-0.05, 0) is 54.5 Å². The van der Waals surface area contributed by atoms with Gasteiger partial charge >= 0.3 is 12.1 Å². The fourth-order valence-corrected chi connectivity index (χ4v) is 5.38. The summed E-state index contributed by atoms with van der Waals surface area (Å²) in [5, 5.41) is 10.9. The standard InChI is InChI=1S/C25H30N4O3S.C2HF3O2/c1-29-15-25(27-17-29)33(30,31)28-14-20-9-10-24-22(12-20)21(11-18-5-3-2-4-6-18)23(16-32-24)26-13-19-7-8-19;3-2(4,5)1(6)7/h2-6,9-10,12,15,17,19,21,23,26,28H,7-8,11,13-14,16H2,1H3;(H,6,7)/t21-,23+;/m0./s1. The Morgan fingerprint density at radius 3 is 2.45 bits per heavy atom. The Hall–Kier alpha value is -3.42. The summed E-state index contributed by atoms with van der Waals surface area (Å²) < 4.78 is 67.3. The molecule has 13 heteroatoms. The molecule has 9 nitrogen and oxygen atoms in total. The highest BCUT2D eigenvalue weighted by Crippen LogP contribution is 2.37. The van der Waals surface area contributed by atoms with E-state index in [1.54, 1.807) is 11.6 Å². The number of aromatic nitrogens is 2. The van der Waals surface area contributed by atoms with Gasteiger partial charge in [-0.15, -0.1) is 0 Å². The molecule has 1 aliphatic carbocycles. The van der Waals surface area contributed by atoms with Gasteiger partial charge in [0.15, 0.2) is 5.03 Å². The van der Waals surface area contributed by atoms with Crippen molar-refractivity contribution in [2.75, 3.05) is 13.2 Å². The summed E-state index contributed by atoms with van der Waals surface area (Å²) in [6, 6.07) is 16.7. The Bertz CT molecular complexity index is 1410. The van der Waals surface area contributed by atoms with Crippen molar-refractivity contribution in [2.45, 2.75) is 49.0 Å². The van der Waals surface area contributed by atoms with Crippen molar-refractivity contribution < 1.29 is 36.2 Å². The predicted molar refractivity (Wildman–Crippen MR) is 140 cm³/mol. The lowest BCUT2D eigenvalue weighted by Gasteiger charge is -2.35. The van der Waals surface area contributed by atoms with Crippen molar-refractivity contribution >= 4 is 16.0 Å². The molecule has 1 saturated carbocycles. The Balaban J connectivity index is 0.000000470. The molecule has 1 fully saturated rings. The molecule has 0 radical (unpaired) electrons. The zero-order chi connectivity index (χ0) is 28.9. The van der Waals surface area contributed by atoms with E-state index >= 15 is 0 Å². The lowest BCUT2D eigenvalue weighted by molar-refractivity contribution is -0.192. The van der Waals surface area contributed by atoms with Crippen LogP contribution in [0.5, 0.6) is 5.75 Å². The molecule has 0 saturated heterocycles. The van der Waals surface area contributed by atoms with Crippen LogP contribution < -0.4 is 14.8 Å². The maximum Gasteiger partial charge on any atom is 0.490 e. The van der Waals surface area contributed by atoms with Gasteiger partial charge < -0.3 is 19.7 Å². The number of carboxylic acid groups (broad SMARTS) is 1. The van der Waals surface area contributed by atoms with E-state index in [0.29, 0.717) is 6.61 Å². The van der Waals surface area contributed by atoms with E-state index in [0.717, 1.165) is 35.8 Å². The van der Waals surface area contributed by atoms with Crippen LogP contribution in [0.25, 0.3) is 0 Å². The molecule has 2 aliphatic rings. The Morgan fingerprint density at radius 2 is 1.85 bits per heavy atom. The molecule has 216 valence electrons. The average molecular weight is 581 g/mol. The molecule has 0 unspecified atom stereocenters. The number of carboxylic acids is 1. The summed E-state index contributed by atoms with van der Waals surface area (Å²) in [5.74, 6) is -0.831. The maximum atomic E-state index is 12.6. The fraction of sp³-hybridized carbons (Fsp3) is 0.407. The number of aliphatic carboxylic acids is 1. The molecule has 3 N–H and O–H groups in total. The molecule has 3 aromatic rings. The van der Waals surface area contributed by atoms with E-state index in [4.69, 9.17) is 14.6 Å². The van der Waals surface area contributed by atoms with Crippen molar-refractivity contribution in [3.63, 3.8) is 0 Å². The first kappa shape index (κ1) is 29.6. The van der Waals surface area contributed by atoms with Crippen molar-refractivity contribution in [3.8, 4) is 5.75 Å². The second-order valence-corrected chi connectivity index (χ2v) is 11.7. The zero-order valence-corrected chi connectivity index (χ0v) is 22.6. The van der Waals surface area contributed by atoms with Gasteiger partial charge in [-0.3, -0.25) is 0 Å². The smallest absolute Gasteiger partial charge is 0.490 e. The molecule has 40 heavy (non-hydrogen) atoms. The van der Waals surface area contributed by atoms with Gasteiger partial charge in [0.2, 0.25) is 0 Å². The van der Waals surface area contributed by atoms with Crippen LogP contribution in [0.3, 0.4) is 0 Å². The highest BCUT2D eigenvalue weighted by atomic mass is 32.2. The number of fused-ring (bicyclic) bond motifs is 1. The van der Waals surface area contributed by atoms with E-state index in [-0.39, 0.29) is 23.5 Å². The summed E-state index contributed by atoms with van der Waals surface area (Å²) in [6.07, 6.45) is 1.41. The maximum absolute atomic E-state index is 12.6. The molecule has 0 spiro atoms. The Labute approximate surface area is 230 Å². The highest BCUT2D eigenvalue weighted by molar-refractivity contribution is 7.89. The number of halogens is 3. The topological polar surface area (TPSA) is 123 Å². The summed E-state index contributed by atoms with van der Waals surface area (Å²) in [4.78, 5) is 12.9. The molecule has 0 amide bonds. The van der Waals surface area contributed by atoms with Crippen molar-refractivity contribution in [2.24, 2.45) is 13.0 Å². The van der Waals surface area contributed by atoms with E-state index < -0.39 is 22.2 Å². The number of ether oxygens (including phenoxy) is 1. The highest BCUT2D eigenvalue weighted by Gasteiger charge is 2.38. The molecule has 2 atom stereocenters. The van der Waals surface area contributed by atoms with E-state index in [1.165, 1.54) is 30.9 Å². The van der Waals surface area contributed by atoms with Crippen LogP contribution in [0.15, 0.2) is 66.1 Å². The molecule has 1 aliphatic heterocycles. The lowest BCUT2D eigenvalue weighted by atomic mass is 9.83. The fourth-order valence-electron chi connectivity index (χ4n) is 4.38. The summed E-state index contributed by atoms with van der Waals surface area (Å²) in [7, 11) is -1.92. The minimum atomic E-state index is -5.08. The van der Waals surface area contributed by atoms with Gasteiger partial charge in [0.25, 0.3) is 10.0 Å². The van der Waals surface area contributed by atoms with E-state index in [9.17, 15) is 21.6 Å². The predicted octanol–water partition coefficient (Wildman–Crippen LogP) is 3.62. The zero-order valence-electron chi connectivity index (χ0n) is 21.8. The van der Waals surface area contributed by atoms with Crippen LogP contribution in [-0.4, -0.2) is 54.4 Å². The second-order valence-electron chi connectivity index (χ2n) is 9.94. The molecular formula is C27H31F3N4O5S. The Kier molecular flexibility index (Phi) is 9.16. The van der Waals surface area contributed by atoms with Crippen LogP contribution in [0.1, 0.15) is 35.4 Å². The van der Waals surface area contributed by atoms with Crippen LogP contribution in [0.2, 0.25) is 0 Å². The third-order valence-electron chi connectivity index (χ3n) is 6.71. The van der Waals surface area contributed by atoms with Crippen LogP contribution in [-0.2, 0) is 34.8 Å². The SMILES string of the molecule is Cn1cnc(S(=O)(=O)NCc2ccc3c(c2)[C@H](Cc2ccccc2)[C@H](NCC2CC2)CO3)c1.O=C(O)C(F)(F)F. The first-order valence-corrected chi connectivity index (χ1v) is 14.2. The molecule has 2 aromatic carbocycles. The number of carbonyl (C=O) groups is 1. The summed E-state index contributed by atoms with van der Waals surface area (Å²) in [6.45, 7) is 1.87. The van der Waals surface area contributed by atoms with Gasteiger partial charge in [-0.1, -0.05) is 42.5 Å². The number of hydrogen-bond donors (Lipinski definition) is 3. The van der Waals surface area contributed by atoms with Crippen molar-refractivity contribution in [3.05, 3.63) is 77.7 Å². The number of alkyl halides is 3. The van der Waals surface area contributed by atoms with Crippen LogP contribution in [0.4, 0.5) is 13.2 Å².